The van der Waals surface area contributed by atoms with Crippen molar-refractivity contribution in [2.75, 3.05) is 28.8 Å². The number of halogens is 4. The van der Waals surface area contributed by atoms with E-state index in [4.69, 9.17) is 4.74 Å². The van der Waals surface area contributed by atoms with Crippen LogP contribution in [0.4, 0.5) is 34.9 Å². The van der Waals surface area contributed by atoms with Crippen LogP contribution < -0.4 is 30.5 Å². The van der Waals surface area contributed by atoms with Crippen LogP contribution in [0, 0.1) is 17.6 Å². The zero-order valence-electron chi connectivity index (χ0n) is 23.4. The summed E-state index contributed by atoms with van der Waals surface area (Å²) in [4.78, 5) is 46.9. The molecule has 14 heteroatoms. The molecule has 2 N–H and O–H groups in total. The van der Waals surface area contributed by atoms with Crippen molar-refractivity contribution >= 4 is 49.6 Å². The fourth-order valence-corrected chi connectivity index (χ4v) is 6.88. The van der Waals surface area contributed by atoms with Crippen molar-refractivity contribution in [1.82, 2.24) is 10.3 Å². The molecule has 3 unspecified atom stereocenters. The van der Waals surface area contributed by atoms with E-state index in [0.717, 1.165) is 36.3 Å². The van der Waals surface area contributed by atoms with Gasteiger partial charge in [-0.25, -0.2) is 13.8 Å². The van der Waals surface area contributed by atoms with Crippen LogP contribution >= 0.6 is 9.24 Å². The standard InChI is InChI=1S/C30H28F4N5O4P/c1-43-16-11-20(32)24(22(44)12-16)18-13-38(26-19(31)9-10-23(36-26)39-21-4-2-3-17(21)28(39)41)29(42)25(18)37-27(40)14-5-7-15(8-6-14)35-30(33)34/h5-12,17-18,21,25,30,35H,2-4,13,44H2,1H3,(H,37,40)/t17?,18-,21?,25-/m0/s1. The molecule has 1 aromatic heterocycles. The molecular weight excluding hydrogens is 601 g/mol. The number of β-lactam (4-membered cyclic amide) rings is 1. The Balaban J connectivity index is 1.34. The van der Waals surface area contributed by atoms with Gasteiger partial charge < -0.3 is 15.4 Å². The number of alkyl halides is 2. The van der Waals surface area contributed by atoms with Gasteiger partial charge in [0, 0.05) is 41.4 Å². The number of pyridine rings is 1. The number of methoxy groups -OCH3 is 1. The number of anilines is 3. The van der Waals surface area contributed by atoms with Crippen molar-refractivity contribution in [3.8, 4) is 5.75 Å². The molecule has 3 aliphatic rings. The number of carbonyl (C=O) groups is 3. The van der Waals surface area contributed by atoms with Gasteiger partial charge in [-0.05, 0) is 60.6 Å². The third-order valence-electron chi connectivity index (χ3n) is 8.45. The molecule has 230 valence electrons. The maximum atomic E-state index is 15.5. The third kappa shape index (κ3) is 5.23. The molecule has 2 saturated heterocycles. The van der Waals surface area contributed by atoms with Crippen molar-refractivity contribution in [3.05, 3.63) is 71.3 Å². The van der Waals surface area contributed by atoms with E-state index >= 15 is 8.78 Å². The van der Waals surface area contributed by atoms with Crippen LogP contribution in [0.25, 0.3) is 0 Å². The van der Waals surface area contributed by atoms with Crippen molar-refractivity contribution < 1.29 is 36.7 Å². The van der Waals surface area contributed by atoms with Gasteiger partial charge in [-0.2, -0.15) is 8.78 Å². The summed E-state index contributed by atoms with van der Waals surface area (Å²) in [6, 6.07) is 9.00. The van der Waals surface area contributed by atoms with Crippen LogP contribution in [0.2, 0.25) is 0 Å². The lowest BCUT2D eigenvalue weighted by Crippen LogP contribution is -2.59. The van der Waals surface area contributed by atoms with Crippen LogP contribution in [-0.4, -0.2) is 55.0 Å². The molecule has 3 aromatic rings. The molecule has 0 radical (unpaired) electrons. The summed E-state index contributed by atoms with van der Waals surface area (Å²) in [6.07, 6.45) is 2.49. The van der Waals surface area contributed by atoms with Crippen molar-refractivity contribution in [2.24, 2.45) is 5.92 Å². The second kappa shape index (κ2) is 11.7. The predicted molar refractivity (Wildman–Crippen MR) is 158 cm³/mol. The fraction of sp³-hybridized carbons (Fsp3) is 0.333. The van der Waals surface area contributed by atoms with E-state index in [0.29, 0.717) is 5.30 Å². The van der Waals surface area contributed by atoms with E-state index < -0.39 is 42.0 Å². The normalized spacial score (nSPS) is 22.7. The molecule has 3 heterocycles. The van der Waals surface area contributed by atoms with Gasteiger partial charge in [0.1, 0.15) is 23.4 Å². The molecule has 9 nitrogen and oxygen atoms in total. The first-order valence-electron chi connectivity index (χ1n) is 14.0. The number of fused-ring (bicyclic) bond motifs is 1. The Morgan fingerprint density at radius 3 is 2.45 bits per heavy atom. The van der Waals surface area contributed by atoms with Crippen molar-refractivity contribution in [1.29, 1.82) is 0 Å². The highest BCUT2D eigenvalue weighted by molar-refractivity contribution is 7.27. The SMILES string of the molecule is COc1cc(F)c([C@@H]2CN(c3nc(N4C(=O)C5CCCC54)ccc3F)C(=O)[C@H]2NC(=O)c2ccc(NC(F)F)cc2)c(P)c1. The minimum absolute atomic E-state index is 0.0299. The van der Waals surface area contributed by atoms with Crippen LogP contribution in [0.15, 0.2) is 48.5 Å². The summed E-state index contributed by atoms with van der Waals surface area (Å²) in [5, 5.41) is 4.92. The highest BCUT2D eigenvalue weighted by Crippen LogP contribution is 2.43. The monoisotopic (exact) mass is 629 g/mol. The van der Waals surface area contributed by atoms with Gasteiger partial charge in [-0.15, -0.1) is 9.24 Å². The van der Waals surface area contributed by atoms with Crippen molar-refractivity contribution in [2.45, 2.75) is 43.8 Å². The largest absolute Gasteiger partial charge is 0.497 e. The topological polar surface area (TPSA) is 104 Å². The van der Waals surface area contributed by atoms with Gasteiger partial charge in [0.25, 0.3) is 11.8 Å². The zero-order valence-corrected chi connectivity index (χ0v) is 24.6. The van der Waals surface area contributed by atoms with E-state index in [1.54, 1.807) is 6.07 Å². The van der Waals surface area contributed by atoms with Crippen molar-refractivity contribution in [3.63, 3.8) is 0 Å². The minimum atomic E-state index is -2.80. The molecule has 44 heavy (non-hydrogen) atoms. The lowest BCUT2D eigenvalue weighted by atomic mass is 9.91. The van der Waals surface area contributed by atoms with Crippen LogP contribution in [0.5, 0.6) is 5.75 Å². The van der Waals surface area contributed by atoms with E-state index in [2.05, 4.69) is 19.5 Å². The second-order valence-corrected chi connectivity index (χ2v) is 11.6. The Bertz CT molecular complexity index is 1620. The van der Waals surface area contributed by atoms with E-state index in [1.807, 2.05) is 5.32 Å². The van der Waals surface area contributed by atoms with Crippen LogP contribution in [0.1, 0.15) is 41.1 Å². The molecule has 2 aliphatic heterocycles. The van der Waals surface area contributed by atoms with Crippen LogP contribution in [-0.2, 0) is 9.59 Å². The molecule has 3 fully saturated rings. The molecule has 1 aliphatic carbocycles. The highest BCUT2D eigenvalue weighted by atomic mass is 31.0. The number of hydrogen-bond acceptors (Lipinski definition) is 6. The molecule has 6 rings (SSSR count). The molecule has 3 amide bonds. The average Bonchev–Trinajstić information content (AvgIpc) is 3.55. The minimum Gasteiger partial charge on any atom is -0.497 e. The Kier molecular flexibility index (Phi) is 7.91. The van der Waals surface area contributed by atoms with E-state index in [1.165, 1.54) is 42.3 Å². The molecule has 0 bridgehead atoms. The van der Waals surface area contributed by atoms with Gasteiger partial charge in [0.05, 0.1) is 13.0 Å². The quantitative estimate of drug-likeness (QED) is 0.169. The molecule has 0 spiro atoms. The second-order valence-electron chi connectivity index (χ2n) is 10.9. The smallest absolute Gasteiger partial charge is 0.312 e. The van der Waals surface area contributed by atoms with Gasteiger partial charge in [-0.1, -0.05) is 6.42 Å². The predicted octanol–water partition coefficient (Wildman–Crippen LogP) is 3.95. The number of rotatable bonds is 8. The first kappa shape index (κ1) is 29.8. The number of benzene rings is 2. The summed E-state index contributed by atoms with van der Waals surface area (Å²) in [6.45, 7) is -3.04. The molecular formula is C30H28F4N5O4P. The number of hydrogen-bond donors (Lipinski definition) is 2. The van der Waals surface area contributed by atoms with Gasteiger partial charge in [-0.3, -0.25) is 24.2 Å². The zero-order chi connectivity index (χ0) is 31.3. The van der Waals surface area contributed by atoms with Gasteiger partial charge in [0.2, 0.25) is 5.91 Å². The van der Waals surface area contributed by atoms with Crippen LogP contribution in [0.3, 0.4) is 0 Å². The Hall–Kier alpha value is -4.25. The first-order chi connectivity index (χ1) is 21.1. The maximum absolute atomic E-state index is 15.5. The number of nitrogens with one attached hydrogen (secondary N) is 2. The summed E-state index contributed by atoms with van der Waals surface area (Å²) in [7, 11) is 3.77. The number of nitrogens with zero attached hydrogens (tertiary/aromatic N) is 3. The molecule has 5 atom stereocenters. The summed E-state index contributed by atoms with van der Waals surface area (Å²) in [5.74, 6) is -4.05. The van der Waals surface area contributed by atoms with Gasteiger partial charge >= 0.3 is 6.55 Å². The Morgan fingerprint density at radius 2 is 1.77 bits per heavy atom. The average molecular weight is 630 g/mol. The maximum Gasteiger partial charge on any atom is 0.312 e. The number of ether oxygens (including phenoxy) is 1. The highest BCUT2D eigenvalue weighted by Gasteiger charge is 2.51. The lowest BCUT2D eigenvalue weighted by Gasteiger charge is -2.42. The third-order valence-corrected chi connectivity index (χ3v) is 8.92. The summed E-state index contributed by atoms with van der Waals surface area (Å²) >= 11 is 0. The van der Waals surface area contributed by atoms with E-state index in [-0.39, 0.29) is 58.6 Å². The first-order valence-corrected chi connectivity index (χ1v) is 14.5. The summed E-state index contributed by atoms with van der Waals surface area (Å²) in [5.41, 5.74) is 0.234. The number of carbonyl (C=O) groups excluding carboxylic acids is 3. The molecule has 1 saturated carbocycles. The van der Waals surface area contributed by atoms with Gasteiger partial charge in [0.15, 0.2) is 11.6 Å². The number of amides is 3. The van der Waals surface area contributed by atoms with E-state index in [9.17, 15) is 23.2 Å². The Morgan fingerprint density at radius 1 is 1.02 bits per heavy atom. The summed E-state index contributed by atoms with van der Waals surface area (Å²) < 4.78 is 61.3. The fourth-order valence-electron chi connectivity index (χ4n) is 6.36. The molecule has 2 aromatic carbocycles. The number of aromatic nitrogens is 1. The lowest BCUT2D eigenvalue weighted by molar-refractivity contribution is -0.129. The Labute approximate surface area is 252 Å².